The van der Waals surface area contributed by atoms with Gasteiger partial charge in [-0.05, 0) is 31.0 Å². The fraction of sp³-hybridized carbons (Fsp3) is 0.385. The van der Waals surface area contributed by atoms with E-state index in [1.54, 1.807) is 12.1 Å². The first-order valence-electron chi connectivity index (χ1n) is 6.35. The summed E-state index contributed by atoms with van der Waals surface area (Å²) in [5.41, 5.74) is 0.524. The van der Waals surface area contributed by atoms with Crippen LogP contribution in [0, 0.1) is 5.82 Å². The molecule has 0 radical (unpaired) electrons. The average Bonchev–Trinajstić information content (AvgIpc) is 3.09. The third kappa shape index (κ3) is 2.99. The fourth-order valence-electron chi connectivity index (χ4n) is 2.06. The lowest BCUT2D eigenvalue weighted by atomic mass is 10.2. The van der Waals surface area contributed by atoms with Gasteiger partial charge in [-0.1, -0.05) is 21.0 Å². The maximum absolute atomic E-state index is 13.6. The quantitative estimate of drug-likeness (QED) is 0.922. The maximum Gasteiger partial charge on any atom is 0.315 e. The van der Waals surface area contributed by atoms with Crippen LogP contribution in [0.15, 0.2) is 27.1 Å². The van der Waals surface area contributed by atoms with Gasteiger partial charge in [0.05, 0.1) is 0 Å². The highest BCUT2D eigenvalue weighted by molar-refractivity contribution is 9.10. The number of hydrogen-bond donors (Lipinski definition) is 1. The van der Waals surface area contributed by atoms with Crippen molar-refractivity contribution in [3.05, 3.63) is 39.9 Å². The molecule has 1 N–H and O–H groups in total. The first-order chi connectivity index (χ1) is 9.72. The van der Waals surface area contributed by atoms with Crippen LogP contribution in [0.5, 0.6) is 0 Å². The molecular formula is C13H13BrFN3O2. The summed E-state index contributed by atoms with van der Waals surface area (Å²) >= 11 is 3.31. The third-order valence-electron chi connectivity index (χ3n) is 3.08. The van der Waals surface area contributed by atoms with Crippen LogP contribution >= 0.6 is 15.9 Å². The molecular weight excluding hydrogens is 329 g/mol. The van der Waals surface area contributed by atoms with Crippen LogP contribution in [0.1, 0.15) is 30.4 Å². The van der Waals surface area contributed by atoms with Crippen molar-refractivity contribution in [2.45, 2.75) is 25.5 Å². The lowest BCUT2D eigenvalue weighted by molar-refractivity contribution is 0.0897. The molecule has 2 aromatic rings. The first kappa shape index (κ1) is 13.5. The first-order valence-corrected chi connectivity index (χ1v) is 7.14. The summed E-state index contributed by atoms with van der Waals surface area (Å²) in [6, 6.07) is 5.04. The van der Waals surface area contributed by atoms with Gasteiger partial charge in [0.25, 0.3) is 0 Å². The number of nitrogens with zero attached hydrogens (tertiary/aromatic N) is 2. The van der Waals surface area contributed by atoms with Crippen LogP contribution in [-0.4, -0.2) is 16.8 Å². The third-order valence-corrected chi connectivity index (χ3v) is 3.58. The largest absolute Gasteiger partial charge is 0.405 e. The van der Waals surface area contributed by atoms with E-state index in [9.17, 15) is 4.39 Å². The van der Waals surface area contributed by atoms with Crippen molar-refractivity contribution in [1.82, 2.24) is 10.2 Å². The Balaban J connectivity index is 1.64. The van der Waals surface area contributed by atoms with E-state index in [0.717, 1.165) is 23.9 Å². The molecule has 1 aromatic heterocycles. The van der Waals surface area contributed by atoms with E-state index in [4.69, 9.17) is 9.15 Å². The molecule has 5 nitrogen and oxygen atoms in total. The number of hydrogen-bond acceptors (Lipinski definition) is 5. The second-order valence-electron chi connectivity index (χ2n) is 4.54. The highest BCUT2D eigenvalue weighted by atomic mass is 79.9. The Bertz CT molecular complexity index is 599. The Morgan fingerprint density at radius 3 is 3.10 bits per heavy atom. The zero-order valence-corrected chi connectivity index (χ0v) is 12.2. The average molecular weight is 342 g/mol. The summed E-state index contributed by atoms with van der Waals surface area (Å²) in [5.74, 6) is 0.194. The number of aromatic nitrogens is 2. The van der Waals surface area contributed by atoms with Gasteiger partial charge in [-0.15, -0.1) is 5.10 Å². The molecule has 1 aromatic carbocycles. The van der Waals surface area contributed by atoms with E-state index in [1.165, 1.54) is 6.07 Å². The van der Waals surface area contributed by atoms with Crippen LogP contribution in [-0.2, 0) is 11.3 Å². The Morgan fingerprint density at radius 2 is 2.30 bits per heavy atom. The second-order valence-corrected chi connectivity index (χ2v) is 5.45. The SMILES string of the molecule is Fc1ccc(Br)cc1CNc1nnc([C@H]2CCCO2)o1. The predicted molar refractivity (Wildman–Crippen MR) is 73.7 cm³/mol. The van der Waals surface area contributed by atoms with E-state index >= 15 is 0 Å². The topological polar surface area (TPSA) is 60.2 Å². The summed E-state index contributed by atoms with van der Waals surface area (Å²) in [6.07, 6.45) is 1.78. The molecule has 3 rings (SSSR count). The number of anilines is 1. The minimum Gasteiger partial charge on any atom is -0.405 e. The summed E-state index contributed by atoms with van der Waals surface area (Å²) in [7, 11) is 0. The zero-order valence-electron chi connectivity index (χ0n) is 10.6. The van der Waals surface area contributed by atoms with Gasteiger partial charge in [0.1, 0.15) is 11.9 Å². The van der Waals surface area contributed by atoms with Gasteiger partial charge in [0.2, 0.25) is 5.89 Å². The summed E-state index contributed by atoms with van der Waals surface area (Å²) < 4.78 is 25.3. The van der Waals surface area contributed by atoms with Gasteiger partial charge in [-0.2, -0.15) is 0 Å². The Labute approximate surface area is 123 Å². The van der Waals surface area contributed by atoms with Crippen molar-refractivity contribution < 1.29 is 13.5 Å². The summed E-state index contributed by atoms with van der Waals surface area (Å²) in [6.45, 7) is 0.998. The standard InChI is InChI=1S/C13H13BrFN3O2/c14-9-3-4-10(15)8(6-9)7-16-13-18-17-12(20-13)11-2-1-5-19-11/h3-4,6,11H,1-2,5,7H2,(H,16,18)/t11-/m1/s1. The van der Waals surface area contributed by atoms with Gasteiger partial charge in [-0.25, -0.2) is 4.39 Å². The number of ether oxygens (including phenoxy) is 1. The number of nitrogens with one attached hydrogen (secondary N) is 1. The molecule has 1 atom stereocenters. The molecule has 20 heavy (non-hydrogen) atoms. The minimum absolute atomic E-state index is 0.111. The summed E-state index contributed by atoms with van der Waals surface area (Å²) in [5, 5.41) is 10.7. The van der Waals surface area contributed by atoms with Crippen molar-refractivity contribution in [2.75, 3.05) is 11.9 Å². The molecule has 0 amide bonds. The minimum atomic E-state index is -0.278. The van der Waals surface area contributed by atoms with Gasteiger partial charge in [0.15, 0.2) is 0 Å². The number of rotatable bonds is 4. The van der Waals surface area contributed by atoms with E-state index < -0.39 is 0 Å². The van der Waals surface area contributed by atoms with Crippen LogP contribution in [0.4, 0.5) is 10.4 Å². The molecule has 1 aliphatic heterocycles. The van der Waals surface area contributed by atoms with Crippen LogP contribution in [0.2, 0.25) is 0 Å². The molecule has 0 aliphatic carbocycles. The molecule has 0 unspecified atom stereocenters. The lowest BCUT2D eigenvalue weighted by Gasteiger charge is -2.04. The highest BCUT2D eigenvalue weighted by Gasteiger charge is 2.23. The normalized spacial score (nSPS) is 18.4. The second kappa shape index (κ2) is 5.88. The highest BCUT2D eigenvalue weighted by Crippen LogP contribution is 2.28. The van der Waals surface area contributed by atoms with Gasteiger partial charge < -0.3 is 14.5 Å². The molecule has 1 saturated heterocycles. The Kier molecular flexibility index (Phi) is 3.98. The number of benzene rings is 1. The molecule has 0 saturated carbocycles. The van der Waals surface area contributed by atoms with E-state index in [-0.39, 0.29) is 24.5 Å². The van der Waals surface area contributed by atoms with Crippen LogP contribution in [0.25, 0.3) is 0 Å². The molecule has 7 heteroatoms. The molecule has 1 aliphatic rings. The summed E-state index contributed by atoms with van der Waals surface area (Å²) in [4.78, 5) is 0. The van der Waals surface area contributed by atoms with E-state index in [2.05, 4.69) is 31.4 Å². The fourth-order valence-corrected chi connectivity index (χ4v) is 2.47. The molecule has 0 spiro atoms. The van der Waals surface area contributed by atoms with Crippen molar-refractivity contribution in [3.63, 3.8) is 0 Å². The van der Waals surface area contributed by atoms with Gasteiger partial charge in [-0.3, -0.25) is 0 Å². The van der Waals surface area contributed by atoms with Crippen molar-refractivity contribution in [3.8, 4) is 0 Å². The van der Waals surface area contributed by atoms with Crippen LogP contribution < -0.4 is 5.32 Å². The molecule has 2 heterocycles. The van der Waals surface area contributed by atoms with Crippen molar-refractivity contribution in [1.29, 1.82) is 0 Å². The smallest absolute Gasteiger partial charge is 0.315 e. The van der Waals surface area contributed by atoms with E-state index in [0.29, 0.717) is 11.5 Å². The van der Waals surface area contributed by atoms with Gasteiger partial charge in [0, 0.05) is 23.2 Å². The Morgan fingerprint density at radius 1 is 1.40 bits per heavy atom. The zero-order chi connectivity index (χ0) is 13.9. The number of halogens is 2. The maximum atomic E-state index is 13.6. The molecule has 106 valence electrons. The Hall–Kier alpha value is -1.47. The van der Waals surface area contributed by atoms with Crippen LogP contribution in [0.3, 0.4) is 0 Å². The van der Waals surface area contributed by atoms with Crippen molar-refractivity contribution >= 4 is 21.9 Å². The lowest BCUT2D eigenvalue weighted by Crippen LogP contribution is -2.02. The predicted octanol–water partition coefficient (Wildman–Crippen LogP) is 3.43. The monoisotopic (exact) mass is 341 g/mol. The van der Waals surface area contributed by atoms with E-state index in [1.807, 2.05) is 0 Å². The molecule has 1 fully saturated rings. The van der Waals surface area contributed by atoms with Gasteiger partial charge >= 0.3 is 6.01 Å². The van der Waals surface area contributed by atoms with Crippen molar-refractivity contribution in [2.24, 2.45) is 0 Å². The molecule has 0 bridgehead atoms.